The maximum atomic E-state index is 9.77. The highest BCUT2D eigenvalue weighted by Crippen LogP contribution is 2.29. The number of hydrogen-bond acceptors (Lipinski definition) is 2. The second kappa shape index (κ2) is 5.92. The third kappa shape index (κ3) is 3.17. The molecule has 0 atom stereocenters. The van der Waals surface area contributed by atoms with Gasteiger partial charge in [0, 0.05) is 20.6 Å². The zero-order valence-corrected chi connectivity index (χ0v) is 12.1. The average molecular weight is 335 g/mol. The van der Waals surface area contributed by atoms with Crippen molar-refractivity contribution < 1.29 is 5.11 Å². The van der Waals surface area contributed by atoms with Gasteiger partial charge in [0.2, 0.25) is 0 Å². The molecular weight excluding hydrogens is 326 g/mol. The van der Waals surface area contributed by atoms with Gasteiger partial charge in [0.1, 0.15) is 5.75 Å². The minimum atomic E-state index is 0.0872. The molecule has 0 aliphatic rings. The lowest BCUT2D eigenvalue weighted by Gasteiger charge is -2.04. The fraction of sp³-hybridized carbons (Fsp3) is 0. The van der Waals surface area contributed by atoms with Gasteiger partial charge in [-0.2, -0.15) is 5.26 Å². The van der Waals surface area contributed by atoms with E-state index in [-0.39, 0.29) is 5.75 Å². The predicted molar refractivity (Wildman–Crippen MR) is 80.7 cm³/mol. The molecule has 0 unspecified atom stereocenters. The van der Waals surface area contributed by atoms with Gasteiger partial charge in [-0.1, -0.05) is 45.7 Å². The summed E-state index contributed by atoms with van der Waals surface area (Å²) in [6.07, 6.45) is 1.61. The van der Waals surface area contributed by atoms with Crippen molar-refractivity contribution in [3.8, 4) is 11.8 Å². The van der Waals surface area contributed by atoms with E-state index in [1.165, 1.54) is 6.07 Å². The van der Waals surface area contributed by atoms with Crippen LogP contribution >= 0.6 is 27.5 Å². The number of phenolic OH excluding ortho intramolecular Hbond substituents is 1. The van der Waals surface area contributed by atoms with Gasteiger partial charge in [-0.25, -0.2) is 0 Å². The molecule has 0 aliphatic heterocycles. The summed E-state index contributed by atoms with van der Waals surface area (Å²) in [4.78, 5) is 0. The van der Waals surface area contributed by atoms with Crippen LogP contribution < -0.4 is 0 Å². The first-order valence-corrected chi connectivity index (χ1v) is 6.64. The van der Waals surface area contributed by atoms with E-state index in [4.69, 9.17) is 11.6 Å². The largest absolute Gasteiger partial charge is 0.507 e. The number of halogens is 2. The van der Waals surface area contributed by atoms with E-state index in [2.05, 4.69) is 22.0 Å². The first-order chi connectivity index (χ1) is 9.11. The number of aromatic hydroxyl groups is 1. The molecule has 0 saturated heterocycles. The summed E-state index contributed by atoms with van der Waals surface area (Å²) in [5.74, 6) is 0.0872. The summed E-state index contributed by atoms with van der Waals surface area (Å²) in [6.45, 7) is 0. The molecule has 0 fully saturated rings. The van der Waals surface area contributed by atoms with Gasteiger partial charge in [-0.15, -0.1) is 0 Å². The molecule has 2 nitrogen and oxygen atoms in total. The molecule has 0 aliphatic carbocycles. The molecule has 2 rings (SSSR count). The smallest absolute Gasteiger partial charge is 0.122 e. The van der Waals surface area contributed by atoms with Crippen molar-refractivity contribution in [1.29, 1.82) is 5.26 Å². The topological polar surface area (TPSA) is 44.0 Å². The molecule has 0 amide bonds. The minimum Gasteiger partial charge on any atom is -0.507 e. The van der Waals surface area contributed by atoms with Crippen molar-refractivity contribution in [3.05, 3.63) is 63.1 Å². The summed E-state index contributed by atoms with van der Waals surface area (Å²) < 4.78 is 0.823. The summed E-state index contributed by atoms with van der Waals surface area (Å²) in [6, 6.07) is 14.3. The van der Waals surface area contributed by atoms with Crippen molar-refractivity contribution in [2.45, 2.75) is 0 Å². The standard InChI is InChI=1S/C15H9BrClNO/c16-14-4-2-1-3-13(14)11(9-18)7-10-8-12(17)5-6-15(10)19/h1-8,19H/b11-7+. The maximum absolute atomic E-state index is 9.77. The Balaban J connectivity index is 2.54. The van der Waals surface area contributed by atoms with E-state index >= 15 is 0 Å². The van der Waals surface area contributed by atoms with Crippen LogP contribution in [0.2, 0.25) is 5.02 Å². The second-order valence-electron chi connectivity index (χ2n) is 3.85. The molecule has 4 heteroatoms. The summed E-state index contributed by atoms with van der Waals surface area (Å²) in [5.41, 5.74) is 1.73. The Morgan fingerprint density at radius 3 is 2.68 bits per heavy atom. The monoisotopic (exact) mass is 333 g/mol. The number of allylic oxidation sites excluding steroid dienone is 1. The third-order valence-corrected chi connectivity index (χ3v) is 3.50. The van der Waals surface area contributed by atoms with Crippen LogP contribution in [-0.2, 0) is 0 Å². The van der Waals surface area contributed by atoms with Crippen LogP contribution in [0.3, 0.4) is 0 Å². The van der Waals surface area contributed by atoms with E-state index < -0.39 is 0 Å². The van der Waals surface area contributed by atoms with Gasteiger partial charge in [0.25, 0.3) is 0 Å². The molecule has 0 bridgehead atoms. The van der Waals surface area contributed by atoms with E-state index in [0.717, 1.165) is 10.0 Å². The number of nitriles is 1. The molecule has 2 aromatic rings. The molecule has 1 N–H and O–H groups in total. The summed E-state index contributed by atoms with van der Waals surface area (Å²) >= 11 is 9.29. The molecule has 0 radical (unpaired) electrons. The van der Waals surface area contributed by atoms with Crippen LogP contribution in [0.1, 0.15) is 11.1 Å². The Kier molecular flexibility index (Phi) is 4.26. The first kappa shape index (κ1) is 13.7. The van der Waals surface area contributed by atoms with E-state index in [0.29, 0.717) is 16.2 Å². The van der Waals surface area contributed by atoms with Gasteiger partial charge in [0.15, 0.2) is 0 Å². The van der Waals surface area contributed by atoms with Crippen LogP contribution in [0, 0.1) is 11.3 Å². The van der Waals surface area contributed by atoms with Crippen LogP contribution in [0.5, 0.6) is 5.75 Å². The zero-order chi connectivity index (χ0) is 13.8. The van der Waals surface area contributed by atoms with E-state index in [1.54, 1.807) is 18.2 Å². The normalized spacial score (nSPS) is 11.1. The van der Waals surface area contributed by atoms with Gasteiger partial charge in [-0.3, -0.25) is 0 Å². The third-order valence-electron chi connectivity index (χ3n) is 2.57. The van der Waals surface area contributed by atoms with Crippen LogP contribution in [0.4, 0.5) is 0 Å². The summed E-state index contributed by atoms with van der Waals surface area (Å²) in [5, 5.41) is 19.6. The van der Waals surface area contributed by atoms with Crippen molar-refractivity contribution in [3.63, 3.8) is 0 Å². The molecule has 0 aromatic heterocycles. The fourth-order valence-electron chi connectivity index (χ4n) is 1.65. The highest BCUT2D eigenvalue weighted by Gasteiger charge is 2.07. The van der Waals surface area contributed by atoms with E-state index in [1.807, 2.05) is 24.3 Å². The van der Waals surface area contributed by atoms with Crippen LogP contribution in [-0.4, -0.2) is 5.11 Å². The number of benzene rings is 2. The lowest BCUT2D eigenvalue weighted by atomic mass is 10.0. The van der Waals surface area contributed by atoms with E-state index in [9.17, 15) is 10.4 Å². The zero-order valence-electron chi connectivity index (χ0n) is 9.77. The van der Waals surface area contributed by atoms with Crippen molar-refractivity contribution >= 4 is 39.2 Å². The van der Waals surface area contributed by atoms with Crippen molar-refractivity contribution in [2.24, 2.45) is 0 Å². The molecule has 0 saturated carbocycles. The Labute approximate surface area is 124 Å². The van der Waals surface area contributed by atoms with Gasteiger partial charge < -0.3 is 5.11 Å². The SMILES string of the molecule is N#C/C(=C\c1cc(Cl)ccc1O)c1ccccc1Br. The van der Waals surface area contributed by atoms with Crippen LogP contribution in [0.15, 0.2) is 46.9 Å². The lowest BCUT2D eigenvalue weighted by molar-refractivity contribution is 0.474. The van der Waals surface area contributed by atoms with Crippen molar-refractivity contribution in [2.75, 3.05) is 0 Å². The molecule has 19 heavy (non-hydrogen) atoms. The Bertz CT molecular complexity index is 689. The number of phenols is 1. The minimum absolute atomic E-state index is 0.0872. The average Bonchev–Trinajstić information content (AvgIpc) is 2.41. The molecule has 0 spiro atoms. The van der Waals surface area contributed by atoms with Gasteiger partial charge >= 0.3 is 0 Å². The second-order valence-corrected chi connectivity index (χ2v) is 5.14. The molecule has 2 aromatic carbocycles. The number of hydrogen-bond donors (Lipinski definition) is 1. The Hall–Kier alpha value is -1.76. The predicted octanol–water partition coefficient (Wildman–Crippen LogP) is 4.87. The van der Waals surface area contributed by atoms with Gasteiger partial charge in [0.05, 0.1) is 11.6 Å². The lowest BCUT2D eigenvalue weighted by Crippen LogP contribution is -1.84. The Morgan fingerprint density at radius 2 is 2.00 bits per heavy atom. The fourth-order valence-corrected chi connectivity index (χ4v) is 2.33. The Morgan fingerprint density at radius 1 is 1.26 bits per heavy atom. The molecular formula is C15H9BrClNO. The first-order valence-electron chi connectivity index (χ1n) is 5.47. The number of rotatable bonds is 2. The molecule has 94 valence electrons. The highest BCUT2D eigenvalue weighted by atomic mass is 79.9. The summed E-state index contributed by atoms with van der Waals surface area (Å²) in [7, 11) is 0. The quantitative estimate of drug-likeness (QED) is 0.629. The molecule has 0 heterocycles. The maximum Gasteiger partial charge on any atom is 0.122 e. The van der Waals surface area contributed by atoms with Crippen molar-refractivity contribution in [1.82, 2.24) is 0 Å². The highest BCUT2D eigenvalue weighted by molar-refractivity contribution is 9.10. The van der Waals surface area contributed by atoms with Crippen LogP contribution in [0.25, 0.3) is 11.6 Å². The van der Waals surface area contributed by atoms with Gasteiger partial charge in [-0.05, 0) is 30.3 Å². The number of nitrogens with zero attached hydrogens (tertiary/aromatic N) is 1.